The molecule has 0 heterocycles. The fourth-order valence-electron chi connectivity index (χ4n) is 2.76. The van der Waals surface area contributed by atoms with Crippen molar-refractivity contribution in [1.82, 2.24) is 0 Å². The molecule has 24 heavy (non-hydrogen) atoms. The van der Waals surface area contributed by atoms with Crippen LogP contribution in [0.2, 0.25) is 0 Å². The SMILES string of the molecule is COCCC1(C(=O)Nc2cc(C(=O)O)cc(S(C)(=O)=O)c2)CCC1. The molecule has 1 aliphatic rings. The van der Waals surface area contributed by atoms with Crippen molar-refractivity contribution in [2.24, 2.45) is 5.41 Å². The number of carbonyl (C=O) groups excluding carboxylic acids is 1. The first-order valence-corrected chi connectivity index (χ1v) is 9.46. The molecule has 8 heteroatoms. The van der Waals surface area contributed by atoms with Gasteiger partial charge in [-0.3, -0.25) is 4.79 Å². The van der Waals surface area contributed by atoms with Crippen LogP contribution >= 0.6 is 0 Å². The van der Waals surface area contributed by atoms with Gasteiger partial charge < -0.3 is 15.2 Å². The summed E-state index contributed by atoms with van der Waals surface area (Å²) in [6.45, 7) is 0.456. The van der Waals surface area contributed by atoms with Gasteiger partial charge in [-0.2, -0.15) is 0 Å². The molecule has 0 spiro atoms. The molecule has 2 N–H and O–H groups in total. The summed E-state index contributed by atoms with van der Waals surface area (Å²) in [5.74, 6) is -1.48. The van der Waals surface area contributed by atoms with Crippen LogP contribution in [0.3, 0.4) is 0 Å². The van der Waals surface area contributed by atoms with Crippen molar-refractivity contribution >= 4 is 27.4 Å². The Balaban J connectivity index is 2.30. The van der Waals surface area contributed by atoms with Crippen molar-refractivity contribution in [2.75, 3.05) is 25.3 Å². The van der Waals surface area contributed by atoms with Crippen LogP contribution in [-0.4, -0.2) is 45.4 Å². The van der Waals surface area contributed by atoms with E-state index in [4.69, 9.17) is 9.84 Å². The summed E-state index contributed by atoms with van der Waals surface area (Å²) in [4.78, 5) is 23.7. The maximum absolute atomic E-state index is 12.6. The first kappa shape index (κ1) is 18.4. The van der Waals surface area contributed by atoms with Crippen LogP contribution in [0.25, 0.3) is 0 Å². The van der Waals surface area contributed by atoms with Crippen molar-refractivity contribution in [3.8, 4) is 0 Å². The minimum Gasteiger partial charge on any atom is -0.478 e. The largest absolute Gasteiger partial charge is 0.478 e. The van der Waals surface area contributed by atoms with Gasteiger partial charge in [0, 0.05) is 25.7 Å². The Hall–Kier alpha value is -1.93. The molecule has 1 aromatic rings. The van der Waals surface area contributed by atoms with Crippen LogP contribution in [-0.2, 0) is 19.4 Å². The molecule has 0 bridgehead atoms. The van der Waals surface area contributed by atoms with Crippen molar-refractivity contribution in [3.63, 3.8) is 0 Å². The molecular weight excluding hydrogens is 334 g/mol. The first-order chi connectivity index (χ1) is 11.2. The molecule has 0 atom stereocenters. The van der Waals surface area contributed by atoms with E-state index in [9.17, 15) is 18.0 Å². The van der Waals surface area contributed by atoms with Crippen LogP contribution in [0.1, 0.15) is 36.0 Å². The van der Waals surface area contributed by atoms with Gasteiger partial charge in [0.25, 0.3) is 0 Å². The molecule has 0 aliphatic heterocycles. The lowest BCUT2D eigenvalue weighted by atomic mass is 9.66. The Labute approximate surface area is 140 Å². The highest BCUT2D eigenvalue weighted by Gasteiger charge is 2.43. The van der Waals surface area contributed by atoms with Crippen molar-refractivity contribution < 1.29 is 27.9 Å². The predicted octanol–water partition coefficient (Wildman–Crippen LogP) is 1.93. The molecule has 0 radical (unpaired) electrons. The molecule has 1 fully saturated rings. The molecular formula is C16H21NO6S. The number of hydrogen-bond acceptors (Lipinski definition) is 5. The number of carboxylic acid groups (broad SMARTS) is 1. The number of carbonyl (C=O) groups is 2. The number of benzene rings is 1. The second kappa shape index (κ2) is 6.90. The number of ether oxygens (including phenoxy) is 1. The third kappa shape index (κ3) is 3.93. The minimum atomic E-state index is -3.59. The van der Waals surface area contributed by atoms with Crippen LogP contribution in [0.5, 0.6) is 0 Å². The average molecular weight is 355 g/mol. The Bertz CT molecular complexity index is 752. The Morgan fingerprint density at radius 2 is 1.96 bits per heavy atom. The van der Waals surface area contributed by atoms with E-state index in [-0.39, 0.29) is 22.1 Å². The maximum Gasteiger partial charge on any atom is 0.335 e. The topological polar surface area (TPSA) is 110 Å². The lowest BCUT2D eigenvalue weighted by Crippen LogP contribution is -2.42. The van der Waals surface area contributed by atoms with Gasteiger partial charge in [-0.25, -0.2) is 13.2 Å². The number of hydrogen-bond donors (Lipinski definition) is 2. The standard InChI is InChI=1S/C16H21NO6S/c1-23-7-6-16(4-3-5-16)15(20)17-12-8-11(14(18)19)9-13(10-12)24(2,21)22/h8-10H,3-7H2,1-2H3,(H,17,20)(H,18,19). The lowest BCUT2D eigenvalue weighted by molar-refractivity contribution is -0.131. The van der Waals surface area contributed by atoms with Crippen LogP contribution < -0.4 is 5.32 Å². The van der Waals surface area contributed by atoms with E-state index < -0.39 is 21.2 Å². The summed E-state index contributed by atoms with van der Waals surface area (Å²) in [7, 11) is -2.02. The van der Waals surface area contributed by atoms with Gasteiger partial charge in [-0.15, -0.1) is 0 Å². The number of rotatable bonds is 7. The van der Waals surface area contributed by atoms with E-state index in [1.807, 2.05) is 0 Å². The molecule has 0 saturated heterocycles. The highest BCUT2D eigenvalue weighted by Crippen LogP contribution is 2.45. The quantitative estimate of drug-likeness (QED) is 0.773. The van der Waals surface area contributed by atoms with E-state index in [1.54, 1.807) is 7.11 Å². The van der Waals surface area contributed by atoms with Gasteiger partial charge in [0.2, 0.25) is 5.91 Å². The summed E-state index contributed by atoms with van der Waals surface area (Å²) >= 11 is 0. The van der Waals surface area contributed by atoms with Gasteiger partial charge in [-0.1, -0.05) is 6.42 Å². The molecule has 1 aliphatic carbocycles. The summed E-state index contributed by atoms with van der Waals surface area (Å²) < 4.78 is 28.5. The molecule has 2 rings (SSSR count). The van der Waals surface area contributed by atoms with Crippen LogP contribution in [0, 0.1) is 5.41 Å². The third-order valence-electron chi connectivity index (χ3n) is 4.42. The van der Waals surface area contributed by atoms with E-state index in [0.717, 1.165) is 31.6 Å². The van der Waals surface area contributed by atoms with E-state index in [1.165, 1.54) is 12.1 Å². The lowest BCUT2D eigenvalue weighted by Gasteiger charge is -2.40. The first-order valence-electron chi connectivity index (χ1n) is 7.57. The molecule has 0 aromatic heterocycles. The fraction of sp³-hybridized carbons (Fsp3) is 0.500. The van der Waals surface area contributed by atoms with Crippen molar-refractivity contribution in [2.45, 2.75) is 30.6 Å². The van der Waals surface area contributed by atoms with E-state index >= 15 is 0 Å². The predicted molar refractivity (Wildman–Crippen MR) is 87.9 cm³/mol. The van der Waals surface area contributed by atoms with Crippen molar-refractivity contribution in [3.05, 3.63) is 23.8 Å². The molecule has 7 nitrogen and oxygen atoms in total. The number of nitrogens with one attached hydrogen (secondary N) is 1. The van der Waals surface area contributed by atoms with Gasteiger partial charge in [0.05, 0.1) is 15.9 Å². The second-order valence-corrected chi connectivity index (χ2v) is 8.17. The highest BCUT2D eigenvalue weighted by atomic mass is 32.2. The van der Waals surface area contributed by atoms with Crippen LogP contribution in [0.4, 0.5) is 5.69 Å². The van der Waals surface area contributed by atoms with E-state index in [2.05, 4.69) is 5.32 Å². The maximum atomic E-state index is 12.6. The average Bonchev–Trinajstić information content (AvgIpc) is 2.45. The van der Waals surface area contributed by atoms with Gasteiger partial charge >= 0.3 is 5.97 Å². The zero-order chi connectivity index (χ0) is 18.0. The van der Waals surface area contributed by atoms with Gasteiger partial charge in [0.1, 0.15) is 0 Å². The summed E-state index contributed by atoms with van der Waals surface area (Å²) in [5.41, 5.74) is -0.544. The van der Waals surface area contributed by atoms with Crippen LogP contribution in [0.15, 0.2) is 23.1 Å². The van der Waals surface area contributed by atoms with Gasteiger partial charge in [-0.05, 0) is 37.5 Å². The number of aromatic carboxylic acids is 1. The molecule has 132 valence electrons. The molecule has 1 aromatic carbocycles. The number of carboxylic acids is 1. The zero-order valence-electron chi connectivity index (χ0n) is 13.7. The monoisotopic (exact) mass is 355 g/mol. The normalized spacial score (nSPS) is 16.2. The summed E-state index contributed by atoms with van der Waals surface area (Å²) in [5, 5.41) is 11.8. The Morgan fingerprint density at radius 3 is 2.42 bits per heavy atom. The smallest absolute Gasteiger partial charge is 0.335 e. The highest BCUT2D eigenvalue weighted by molar-refractivity contribution is 7.90. The molecule has 1 saturated carbocycles. The Morgan fingerprint density at radius 1 is 1.29 bits per heavy atom. The summed E-state index contributed by atoms with van der Waals surface area (Å²) in [6.07, 6.45) is 3.98. The number of amides is 1. The van der Waals surface area contributed by atoms with E-state index in [0.29, 0.717) is 13.0 Å². The van der Waals surface area contributed by atoms with Gasteiger partial charge in [0.15, 0.2) is 9.84 Å². The Kier molecular flexibility index (Phi) is 5.29. The second-order valence-electron chi connectivity index (χ2n) is 6.15. The third-order valence-corrected chi connectivity index (χ3v) is 5.51. The fourth-order valence-corrected chi connectivity index (χ4v) is 3.45. The number of methoxy groups -OCH3 is 1. The molecule has 1 amide bonds. The van der Waals surface area contributed by atoms with Crippen molar-refractivity contribution in [1.29, 1.82) is 0 Å². The zero-order valence-corrected chi connectivity index (χ0v) is 14.5. The summed E-state index contributed by atoms with van der Waals surface area (Å²) in [6, 6.07) is 3.62. The number of anilines is 1. The number of sulfone groups is 1. The molecule has 0 unspecified atom stereocenters. The minimum absolute atomic E-state index is 0.141.